The van der Waals surface area contributed by atoms with Crippen molar-refractivity contribution in [2.45, 2.75) is 37.2 Å². The van der Waals surface area contributed by atoms with Crippen molar-refractivity contribution in [2.75, 3.05) is 5.32 Å². The number of nitro benzene ring substituents is 1. The molecule has 1 aromatic heterocycles. The molecule has 1 heterocycles. The Hall–Kier alpha value is -3.98. The number of aryl methyl sites for hydroxylation is 1. The van der Waals surface area contributed by atoms with Crippen molar-refractivity contribution in [3.8, 4) is 0 Å². The number of amides is 1. The highest BCUT2D eigenvalue weighted by molar-refractivity contribution is 8.00. The van der Waals surface area contributed by atoms with E-state index in [1.165, 1.54) is 17.8 Å². The molecule has 8 nitrogen and oxygen atoms in total. The van der Waals surface area contributed by atoms with E-state index in [0.29, 0.717) is 18.1 Å². The average Bonchev–Trinajstić information content (AvgIpc) is 3.25. The number of thioether (sulfide) groups is 1. The van der Waals surface area contributed by atoms with Gasteiger partial charge in [-0.05, 0) is 36.6 Å². The van der Waals surface area contributed by atoms with Crippen molar-refractivity contribution in [3.63, 3.8) is 0 Å². The first kappa shape index (κ1) is 24.2. The van der Waals surface area contributed by atoms with Gasteiger partial charge in [0.25, 0.3) is 5.69 Å². The molecule has 4 rings (SSSR count). The summed E-state index contributed by atoms with van der Waals surface area (Å²) in [4.78, 5) is 24.5. The molecule has 0 radical (unpaired) electrons. The molecule has 0 aliphatic rings. The first-order valence-corrected chi connectivity index (χ1v) is 12.1. The van der Waals surface area contributed by atoms with Crippen LogP contribution >= 0.6 is 11.8 Å². The number of benzene rings is 3. The molecule has 0 saturated heterocycles. The van der Waals surface area contributed by atoms with E-state index in [9.17, 15) is 14.9 Å². The monoisotopic (exact) mass is 487 g/mol. The largest absolute Gasteiger partial charge is 0.319 e. The molecule has 35 heavy (non-hydrogen) atoms. The molecule has 0 fully saturated rings. The number of nitro groups is 1. The normalized spacial score (nSPS) is 11.7. The topological polar surface area (TPSA) is 103 Å². The molecule has 1 unspecified atom stereocenters. The molecule has 4 aromatic rings. The van der Waals surface area contributed by atoms with Gasteiger partial charge in [-0.3, -0.25) is 14.9 Å². The number of hydrogen-bond donors (Lipinski definition) is 1. The molecule has 3 aromatic carbocycles. The first-order chi connectivity index (χ1) is 17.0. The smallest absolute Gasteiger partial charge is 0.293 e. The first-order valence-electron chi connectivity index (χ1n) is 11.2. The molecular weight excluding hydrogens is 462 g/mol. The summed E-state index contributed by atoms with van der Waals surface area (Å²) in [6.07, 6.45) is 0.625. The molecule has 9 heteroatoms. The lowest BCUT2D eigenvalue weighted by Crippen LogP contribution is -2.20. The third kappa shape index (κ3) is 5.75. The number of aromatic nitrogens is 3. The maximum Gasteiger partial charge on any atom is 0.293 e. The Morgan fingerprint density at radius 3 is 2.40 bits per heavy atom. The van der Waals surface area contributed by atoms with Crippen LogP contribution in [0.25, 0.3) is 0 Å². The van der Waals surface area contributed by atoms with E-state index in [4.69, 9.17) is 0 Å². The number of rotatable bonds is 9. The second-order valence-electron chi connectivity index (χ2n) is 7.98. The minimum atomic E-state index is -0.684. The molecule has 0 aliphatic carbocycles. The summed E-state index contributed by atoms with van der Waals surface area (Å²) in [5.41, 5.74) is 2.65. The lowest BCUT2D eigenvalue weighted by molar-refractivity contribution is -0.384. The number of nitrogens with one attached hydrogen (secondary N) is 1. The van der Waals surface area contributed by atoms with Crippen molar-refractivity contribution in [2.24, 2.45) is 0 Å². The van der Waals surface area contributed by atoms with Crippen LogP contribution in [0.5, 0.6) is 0 Å². The molecule has 178 valence electrons. The van der Waals surface area contributed by atoms with Crippen LogP contribution in [0.4, 0.5) is 11.4 Å². The van der Waals surface area contributed by atoms with Crippen LogP contribution in [0, 0.1) is 17.0 Å². The van der Waals surface area contributed by atoms with Crippen LogP contribution in [0.15, 0.2) is 84.0 Å². The summed E-state index contributed by atoms with van der Waals surface area (Å²) in [6, 6.07) is 24.1. The van der Waals surface area contributed by atoms with Gasteiger partial charge in [-0.1, -0.05) is 78.5 Å². The van der Waals surface area contributed by atoms with Gasteiger partial charge in [-0.2, -0.15) is 0 Å². The summed E-state index contributed by atoms with van der Waals surface area (Å²) in [7, 11) is 0. The molecule has 1 atom stereocenters. The zero-order valence-electron chi connectivity index (χ0n) is 19.4. The molecule has 1 amide bonds. The SMILES string of the molecule is CCn1c(Cc2ccccc2)nnc1SC(C(=O)Nc1ccc(C)cc1[N+](=O)[O-])c1ccccc1. The second kappa shape index (κ2) is 11.0. The van der Waals surface area contributed by atoms with Crippen molar-refractivity contribution in [1.29, 1.82) is 0 Å². The van der Waals surface area contributed by atoms with Crippen LogP contribution in [0.3, 0.4) is 0 Å². The number of nitrogens with zero attached hydrogens (tertiary/aromatic N) is 4. The van der Waals surface area contributed by atoms with E-state index in [1.54, 1.807) is 19.1 Å². The van der Waals surface area contributed by atoms with E-state index in [1.807, 2.05) is 72.2 Å². The maximum absolute atomic E-state index is 13.5. The fourth-order valence-corrected chi connectivity index (χ4v) is 4.86. The van der Waals surface area contributed by atoms with Crippen molar-refractivity contribution < 1.29 is 9.72 Å². The van der Waals surface area contributed by atoms with Crippen molar-refractivity contribution >= 4 is 29.0 Å². The molecule has 1 N–H and O–H groups in total. The summed E-state index contributed by atoms with van der Waals surface area (Å²) in [5, 5.41) is 23.0. The number of carbonyl (C=O) groups is 1. The Balaban J connectivity index is 1.64. The zero-order chi connectivity index (χ0) is 24.8. The Bertz CT molecular complexity index is 1330. The summed E-state index contributed by atoms with van der Waals surface area (Å²) < 4.78 is 2.00. The number of hydrogen-bond acceptors (Lipinski definition) is 6. The van der Waals surface area contributed by atoms with Gasteiger partial charge in [0.05, 0.1) is 4.92 Å². The fourth-order valence-electron chi connectivity index (χ4n) is 3.74. The van der Waals surface area contributed by atoms with E-state index in [2.05, 4.69) is 15.5 Å². The third-order valence-corrected chi connectivity index (χ3v) is 6.72. The predicted molar refractivity (Wildman–Crippen MR) is 136 cm³/mol. The molecular formula is C26H25N5O3S. The van der Waals surface area contributed by atoms with Gasteiger partial charge in [0, 0.05) is 19.0 Å². The fraction of sp³-hybridized carbons (Fsp3) is 0.192. The van der Waals surface area contributed by atoms with Gasteiger partial charge in [-0.25, -0.2) is 0 Å². The van der Waals surface area contributed by atoms with Crippen LogP contribution in [0.2, 0.25) is 0 Å². The highest BCUT2D eigenvalue weighted by Gasteiger charge is 2.27. The van der Waals surface area contributed by atoms with E-state index < -0.39 is 10.2 Å². The quantitative estimate of drug-likeness (QED) is 0.188. The van der Waals surface area contributed by atoms with Gasteiger partial charge >= 0.3 is 0 Å². The molecule has 0 spiro atoms. The Kier molecular flexibility index (Phi) is 7.57. The van der Waals surface area contributed by atoms with Crippen molar-refractivity contribution in [1.82, 2.24) is 14.8 Å². The summed E-state index contributed by atoms with van der Waals surface area (Å²) in [5.74, 6) is 0.436. The third-order valence-electron chi connectivity index (χ3n) is 5.49. The zero-order valence-corrected chi connectivity index (χ0v) is 20.2. The Morgan fingerprint density at radius 2 is 1.74 bits per heavy atom. The molecule has 0 aliphatic heterocycles. The van der Waals surface area contributed by atoms with Gasteiger partial charge in [0.15, 0.2) is 5.16 Å². The predicted octanol–water partition coefficient (Wildman–Crippen LogP) is 5.58. The van der Waals surface area contributed by atoms with E-state index >= 15 is 0 Å². The Morgan fingerprint density at radius 1 is 1.06 bits per heavy atom. The van der Waals surface area contributed by atoms with Gasteiger partial charge in [0.2, 0.25) is 5.91 Å². The second-order valence-corrected chi connectivity index (χ2v) is 9.05. The average molecular weight is 488 g/mol. The van der Waals surface area contributed by atoms with Gasteiger partial charge < -0.3 is 9.88 Å². The van der Waals surface area contributed by atoms with Gasteiger partial charge in [0.1, 0.15) is 16.8 Å². The van der Waals surface area contributed by atoms with E-state index in [-0.39, 0.29) is 17.3 Å². The highest BCUT2D eigenvalue weighted by Crippen LogP contribution is 2.37. The lowest BCUT2D eigenvalue weighted by atomic mass is 10.1. The minimum Gasteiger partial charge on any atom is -0.319 e. The Labute approximate surface area is 207 Å². The number of anilines is 1. The highest BCUT2D eigenvalue weighted by atomic mass is 32.2. The van der Waals surface area contributed by atoms with Crippen LogP contribution in [-0.2, 0) is 17.8 Å². The van der Waals surface area contributed by atoms with Gasteiger partial charge in [-0.15, -0.1) is 10.2 Å². The van der Waals surface area contributed by atoms with Crippen LogP contribution in [0.1, 0.15) is 34.7 Å². The van der Waals surface area contributed by atoms with Crippen LogP contribution in [-0.4, -0.2) is 25.6 Å². The summed E-state index contributed by atoms with van der Waals surface area (Å²) in [6.45, 7) is 4.42. The van der Waals surface area contributed by atoms with Crippen LogP contribution < -0.4 is 5.32 Å². The van der Waals surface area contributed by atoms with E-state index in [0.717, 1.165) is 22.5 Å². The minimum absolute atomic E-state index is 0.142. The maximum atomic E-state index is 13.5. The lowest BCUT2D eigenvalue weighted by Gasteiger charge is -2.17. The molecule has 0 saturated carbocycles. The number of carbonyl (C=O) groups excluding carboxylic acids is 1. The standard InChI is InChI=1S/C26H25N5O3S/c1-3-30-23(17-19-10-6-4-7-11-19)28-29-26(30)35-24(20-12-8-5-9-13-20)25(32)27-21-15-14-18(2)16-22(21)31(33)34/h4-16,24H,3,17H2,1-2H3,(H,27,32). The summed E-state index contributed by atoms with van der Waals surface area (Å²) >= 11 is 1.28. The molecule has 0 bridgehead atoms. The van der Waals surface area contributed by atoms with Crippen molar-refractivity contribution in [3.05, 3.63) is 111 Å².